The zero-order valence-corrected chi connectivity index (χ0v) is 12.4. The summed E-state index contributed by atoms with van der Waals surface area (Å²) in [4.78, 5) is 12.1. The Morgan fingerprint density at radius 1 is 1.08 bits per heavy atom. The van der Waals surface area contributed by atoms with Gasteiger partial charge in [0.1, 0.15) is 23.1 Å². The second kappa shape index (κ2) is 6.49. The van der Waals surface area contributed by atoms with Gasteiger partial charge in [-0.05, 0) is 42.0 Å². The van der Waals surface area contributed by atoms with Crippen molar-refractivity contribution in [3.63, 3.8) is 0 Å². The molecule has 1 aromatic heterocycles. The smallest absolute Gasteiger partial charge is 0.269 e. The van der Waals surface area contributed by atoms with Crippen LogP contribution in [0, 0.1) is 11.6 Å². The largest absolute Gasteiger partial charge is 0.507 e. The van der Waals surface area contributed by atoms with Crippen LogP contribution in [-0.2, 0) is 6.54 Å². The summed E-state index contributed by atoms with van der Waals surface area (Å²) >= 11 is 0. The average molecular weight is 329 g/mol. The quantitative estimate of drug-likeness (QED) is 0.688. The lowest BCUT2D eigenvalue weighted by Gasteiger charge is -2.03. The summed E-state index contributed by atoms with van der Waals surface area (Å²) in [5.41, 5.74) is 1.34. The average Bonchev–Trinajstić information content (AvgIpc) is 3.06. The number of hydrogen-bond acceptors (Lipinski definition) is 3. The first-order chi connectivity index (χ1) is 11.5. The van der Waals surface area contributed by atoms with Crippen LogP contribution < -0.4 is 5.32 Å². The second-order valence-corrected chi connectivity index (χ2v) is 5.14. The third-order valence-electron chi connectivity index (χ3n) is 3.42. The maximum atomic E-state index is 13.3. The number of halogens is 2. The highest BCUT2D eigenvalue weighted by molar-refractivity contribution is 5.93. The Hall–Kier alpha value is -3.22. The first kappa shape index (κ1) is 15.7. The van der Waals surface area contributed by atoms with Crippen LogP contribution >= 0.6 is 0 Å². The molecule has 5 nitrogen and oxygen atoms in total. The van der Waals surface area contributed by atoms with Crippen LogP contribution in [0.15, 0.2) is 48.5 Å². The molecule has 3 rings (SSSR count). The lowest BCUT2D eigenvalue weighted by atomic mass is 10.1. The Morgan fingerprint density at radius 2 is 1.79 bits per heavy atom. The summed E-state index contributed by atoms with van der Waals surface area (Å²) in [6.45, 7) is 0.221. The lowest BCUT2D eigenvalue weighted by molar-refractivity contribution is 0.0946. The topological polar surface area (TPSA) is 78.0 Å². The van der Waals surface area contributed by atoms with Crippen LogP contribution in [0.1, 0.15) is 16.1 Å². The van der Waals surface area contributed by atoms with E-state index in [1.165, 1.54) is 24.3 Å². The third kappa shape index (κ3) is 3.40. The van der Waals surface area contributed by atoms with E-state index in [0.29, 0.717) is 0 Å². The molecule has 0 fully saturated rings. The molecule has 0 bridgehead atoms. The van der Waals surface area contributed by atoms with Gasteiger partial charge in [-0.25, -0.2) is 8.78 Å². The number of hydrogen-bond donors (Lipinski definition) is 3. The number of amides is 1. The van der Waals surface area contributed by atoms with E-state index in [9.17, 15) is 18.7 Å². The van der Waals surface area contributed by atoms with Crippen molar-refractivity contribution in [2.45, 2.75) is 6.54 Å². The number of aromatic amines is 1. The molecule has 0 spiro atoms. The fourth-order valence-corrected chi connectivity index (χ4v) is 2.17. The molecule has 0 saturated heterocycles. The van der Waals surface area contributed by atoms with E-state index in [4.69, 9.17) is 0 Å². The predicted molar refractivity (Wildman–Crippen MR) is 83.2 cm³/mol. The van der Waals surface area contributed by atoms with Crippen LogP contribution in [0.2, 0.25) is 0 Å². The Labute approximate surface area is 136 Å². The molecule has 0 aliphatic rings. The molecule has 2 aromatic carbocycles. The van der Waals surface area contributed by atoms with Crippen LogP contribution in [0.4, 0.5) is 8.78 Å². The maximum Gasteiger partial charge on any atom is 0.269 e. The Balaban J connectivity index is 1.71. The molecule has 3 N–H and O–H groups in total. The Kier molecular flexibility index (Phi) is 4.24. The molecule has 0 atom stereocenters. The minimum atomic E-state index is -0.520. The van der Waals surface area contributed by atoms with Crippen molar-refractivity contribution >= 4 is 5.91 Å². The number of benzene rings is 2. The van der Waals surface area contributed by atoms with E-state index in [2.05, 4.69) is 15.5 Å². The molecule has 0 unspecified atom stereocenters. The molecular formula is C17H13F2N3O2. The van der Waals surface area contributed by atoms with Crippen LogP contribution in [0.3, 0.4) is 0 Å². The Bertz CT molecular complexity index is 876. The van der Waals surface area contributed by atoms with Crippen molar-refractivity contribution in [3.8, 4) is 17.0 Å². The molecule has 0 saturated carbocycles. The highest BCUT2D eigenvalue weighted by Crippen LogP contribution is 2.28. The molecule has 0 radical (unpaired) electrons. The first-order valence-electron chi connectivity index (χ1n) is 7.10. The van der Waals surface area contributed by atoms with E-state index in [1.54, 1.807) is 12.1 Å². The van der Waals surface area contributed by atoms with E-state index in [-0.39, 0.29) is 35.1 Å². The van der Waals surface area contributed by atoms with Gasteiger partial charge >= 0.3 is 0 Å². The number of rotatable bonds is 4. The maximum absolute atomic E-state index is 13.3. The van der Waals surface area contributed by atoms with Crippen molar-refractivity contribution in [3.05, 3.63) is 71.4 Å². The van der Waals surface area contributed by atoms with Gasteiger partial charge in [0.2, 0.25) is 0 Å². The fourth-order valence-electron chi connectivity index (χ4n) is 2.17. The van der Waals surface area contributed by atoms with Crippen molar-refractivity contribution < 1.29 is 18.7 Å². The van der Waals surface area contributed by atoms with E-state index < -0.39 is 11.7 Å². The van der Waals surface area contributed by atoms with E-state index in [0.717, 1.165) is 17.7 Å². The highest BCUT2D eigenvalue weighted by atomic mass is 19.1. The van der Waals surface area contributed by atoms with Gasteiger partial charge in [-0.15, -0.1) is 0 Å². The lowest BCUT2D eigenvalue weighted by Crippen LogP contribution is -2.23. The van der Waals surface area contributed by atoms with Crippen LogP contribution in [0.5, 0.6) is 5.75 Å². The zero-order valence-electron chi connectivity index (χ0n) is 12.4. The van der Waals surface area contributed by atoms with E-state index in [1.807, 2.05) is 0 Å². The van der Waals surface area contributed by atoms with Gasteiger partial charge in [0.25, 0.3) is 5.91 Å². The number of H-pyrrole nitrogens is 1. The van der Waals surface area contributed by atoms with Crippen LogP contribution in [0.25, 0.3) is 11.3 Å². The summed E-state index contributed by atoms with van der Waals surface area (Å²) < 4.78 is 26.1. The number of aromatic nitrogens is 2. The van der Waals surface area contributed by atoms with Gasteiger partial charge in [0.15, 0.2) is 0 Å². The summed E-state index contributed by atoms with van der Waals surface area (Å²) in [6, 6.07) is 10.6. The fraction of sp³-hybridized carbons (Fsp3) is 0.0588. The zero-order chi connectivity index (χ0) is 17.1. The minimum absolute atomic E-state index is 0.138. The van der Waals surface area contributed by atoms with Gasteiger partial charge in [0, 0.05) is 12.1 Å². The molecule has 1 heterocycles. The number of carbonyl (C=O) groups excluding carboxylic acids is 1. The highest BCUT2D eigenvalue weighted by Gasteiger charge is 2.14. The minimum Gasteiger partial charge on any atom is -0.507 e. The molecule has 0 aliphatic carbocycles. The number of nitrogens with zero attached hydrogens (tertiary/aromatic N) is 1. The summed E-state index contributed by atoms with van der Waals surface area (Å²) in [5, 5.41) is 18.9. The number of aromatic hydroxyl groups is 1. The van der Waals surface area contributed by atoms with Crippen molar-refractivity contribution in [1.82, 2.24) is 15.5 Å². The van der Waals surface area contributed by atoms with Crippen molar-refractivity contribution in [2.24, 2.45) is 0 Å². The molecule has 3 aromatic rings. The summed E-state index contributed by atoms with van der Waals surface area (Å²) in [6.07, 6.45) is 0. The monoisotopic (exact) mass is 329 g/mol. The Morgan fingerprint density at radius 3 is 2.54 bits per heavy atom. The van der Waals surface area contributed by atoms with Crippen molar-refractivity contribution in [1.29, 1.82) is 0 Å². The van der Waals surface area contributed by atoms with E-state index >= 15 is 0 Å². The SMILES string of the molecule is O=C(NCc1ccc(F)cc1)c1cc(-c2cc(F)ccc2O)n[nH]1. The number of phenolic OH excluding ortho intramolecular Hbond substituents is 1. The summed E-state index contributed by atoms with van der Waals surface area (Å²) in [5.74, 6) is -1.43. The van der Waals surface area contributed by atoms with Gasteiger partial charge in [0.05, 0.1) is 5.69 Å². The second-order valence-electron chi connectivity index (χ2n) is 5.14. The normalized spacial score (nSPS) is 10.6. The van der Waals surface area contributed by atoms with Crippen LogP contribution in [-0.4, -0.2) is 21.2 Å². The van der Waals surface area contributed by atoms with Gasteiger partial charge in [-0.2, -0.15) is 5.10 Å². The molecule has 1 amide bonds. The molecule has 7 heteroatoms. The number of carbonyl (C=O) groups is 1. The summed E-state index contributed by atoms with van der Waals surface area (Å²) in [7, 11) is 0. The molecular weight excluding hydrogens is 316 g/mol. The van der Waals surface area contributed by atoms with Gasteiger partial charge in [-0.3, -0.25) is 9.89 Å². The van der Waals surface area contributed by atoms with Gasteiger partial charge < -0.3 is 10.4 Å². The third-order valence-corrected chi connectivity index (χ3v) is 3.42. The number of nitrogens with one attached hydrogen (secondary N) is 2. The molecule has 0 aliphatic heterocycles. The first-order valence-corrected chi connectivity index (χ1v) is 7.10. The molecule has 24 heavy (non-hydrogen) atoms. The van der Waals surface area contributed by atoms with Gasteiger partial charge in [-0.1, -0.05) is 12.1 Å². The predicted octanol–water partition coefficient (Wildman–Crippen LogP) is 2.99. The number of phenols is 1. The standard InChI is InChI=1S/C17H13F2N3O2/c18-11-3-1-10(2-4-11)9-20-17(24)15-8-14(21-22-15)13-7-12(19)5-6-16(13)23/h1-8,23H,9H2,(H,20,24)(H,21,22). The molecule has 122 valence electrons. The van der Waals surface area contributed by atoms with Crippen molar-refractivity contribution in [2.75, 3.05) is 0 Å².